The Bertz CT molecular complexity index is 662. The van der Waals surface area contributed by atoms with Crippen LogP contribution in [0.5, 0.6) is 0 Å². The van der Waals surface area contributed by atoms with Gasteiger partial charge < -0.3 is 10.6 Å². The van der Waals surface area contributed by atoms with Crippen molar-refractivity contribution in [3.05, 3.63) is 17.0 Å². The molecule has 0 atom stereocenters. The van der Waals surface area contributed by atoms with Gasteiger partial charge in [0, 0.05) is 13.1 Å². The van der Waals surface area contributed by atoms with E-state index in [1.807, 2.05) is 17.8 Å². The van der Waals surface area contributed by atoms with Crippen molar-refractivity contribution in [2.24, 2.45) is 5.73 Å². The van der Waals surface area contributed by atoms with Crippen LogP contribution < -0.4 is 5.73 Å². The first-order chi connectivity index (χ1) is 13.5. The van der Waals surface area contributed by atoms with E-state index < -0.39 is 5.54 Å². The molecule has 2 fully saturated rings. The number of primary amides is 1. The second-order valence-corrected chi connectivity index (χ2v) is 10.5. The summed E-state index contributed by atoms with van der Waals surface area (Å²) in [5.74, 6) is 1.12. The Kier molecular flexibility index (Phi) is 7.97. The van der Waals surface area contributed by atoms with Crippen LogP contribution >= 0.6 is 23.1 Å². The Hall–Kier alpha value is -0.890. The number of nitrogens with two attached hydrogens (primary N) is 1. The quantitative estimate of drug-likeness (QED) is 0.373. The molecule has 1 amide bonds. The zero-order chi connectivity index (χ0) is 20.0. The van der Waals surface area contributed by atoms with Gasteiger partial charge in [0.1, 0.15) is 5.54 Å². The number of Topliss-reactive ketones (excluding diaryl/α,β-unsaturated/α-hetero) is 1. The van der Waals surface area contributed by atoms with E-state index in [1.165, 1.54) is 36.3 Å². The zero-order valence-corrected chi connectivity index (χ0v) is 18.6. The van der Waals surface area contributed by atoms with E-state index >= 15 is 0 Å². The number of hydrogen-bond acceptors (Lipinski definition) is 6. The number of hydrogen-bond donors (Lipinski definition) is 1. The molecule has 3 rings (SSSR count). The second-order valence-electron chi connectivity index (χ2n) is 8.02. The minimum absolute atomic E-state index is 0.119. The minimum atomic E-state index is -0.402. The third-order valence-electron chi connectivity index (χ3n) is 6.14. The van der Waals surface area contributed by atoms with Gasteiger partial charge >= 0.3 is 0 Å². The van der Waals surface area contributed by atoms with Gasteiger partial charge in [-0.3, -0.25) is 14.5 Å². The topological polar surface area (TPSA) is 66.6 Å². The molecule has 2 aliphatic rings. The fraction of sp³-hybridized carbons (Fsp3) is 0.714. The maximum absolute atomic E-state index is 12.3. The van der Waals surface area contributed by atoms with Gasteiger partial charge in [-0.25, -0.2) is 0 Å². The predicted octanol–water partition coefficient (Wildman–Crippen LogP) is 3.63. The fourth-order valence-electron chi connectivity index (χ4n) is 4.38. The highest BCUT2D eigenvalue weighted by atomic mass is 32.2. The first kappa shape index (κ1) is 21.8. The zero-order valence-electron chi connectivity index (χ0n) is 17.0. The van der Waals surface area contributed by atoms with E-state index in [0.717, 1.165) is 56.2 Å². The van der Waals surface area contributed by atoms with Crippen molar-refractivity contribution in [1.82, 2.24) is 9.80 Å². The Morgan fingerprint density at radius 1 is 1.11 bits per heavy atom. The van der Waals surface area contributed by atoms with E-state index in [2.05, 4.69) is 15.9 Å². The molecule has 2 N–H and O–H groups in total. The lowest BCUT2D eigenvalue weighted by Gasteiger charge is -2.48. The fourth-order valence-corrected chi connectivity index (χ4v) is 6.49. The number of unbranched alkanes of at least 4 members (excludes halogenated alkanes) is 1. The van der Waals surface area contributed by atoms with Crippen molar-refractivity contribution < 1.29 is 9.59 Å². The van der Waals surface area contributed by atoms with Gasteiger partial charge in [-0.2, -0.15) is 0 Å². The molecule has 5 nitrogen and oxygen atoms in total. The summed E-state index contributed by atoms with van der Waals surface area (Å²) in [4.78, 5) is 29.4. The maximum Gasteiger partial charge on any atom is 0.238 e. The number of likely N-dealkylation sites (tertiary alicyclic amines) is 2. The lowest BCUT2D eigenvalue weighted by atomic mass is 9.83. The summed E-state index contributed by atoms with van der Waals surface area (Å²) in [6, 6.07) is 3.98. The number of carbonyl (C=O) groups excluding carboxylic acids is 2. The van der Waals surface area contributed by atoms with Gasteiger partial charge in [0.15, 0.2) is 5.78 Å². The summed E-state index contributed by atoms with van der Waals surface area (Å²) in [7, 11) is 0. The molecule has 3 heterocycles. The van der Waals surface area contributed by atoms with Crippen LogP contribution in [0.3, 0.4) is 0 Å². The first-order valence-electron chi connectivity index (χ1n) is 10.5. The van der Waals surface area contributed by atoms with Crippen LogP contribution in [0.25, 0.3) is 0 Å². The molecule has 0 unspecified atom stereocenters. The highest BCUT2D eigenvalue weighted by Crippen LogP contribution is 2.32. The van der Waals surface area contributed by atoms with E-state index in [-0.39, 0.29) is 11.7 Å². The summed E-state index contributed by atoms with van der Waals surface area (Å²) < 4.78 is 1.23. The van der Waals surface area contributed by atoms with E-state index in [9.17, 15) is 9.59 Å². The van der Waals surface area contributed by atoms with Gasteiger partial charge in [0.05, 0.1) is 9.09 Å². The van der Waals surface area contributed by atoms with Gasteiger partial charge in [0.25, 0.3) is 0 Å². The van der Waals surface area contributed by atoms with Gasteiger partial charge in [-0.15, -0.1) is 23.1 Å². The van der Waals surface area contributed by atoms with Crippen molar-refractivity contribution in [2.45, 2.75) is 61.6 Å². The average Bonchev–Trinajstić information content (AvgIpc) is 3.18. The molecule has 7 heteroatoms. The molecule has 1 aromatic rings. The highest BCUT2D eigenvalue weighted by molar-refractivity contribution is 8.01. The molecule has 2 aliphatic heterocycles. The Balaban J connectivity index is 1.36. The van der Waals surface area contributed by atoms with Crippen molar-refractivity contribution in [3.8, 4) is 0 Å². The standard InChI is InChI=1S/C21H33N3O2S2/c1-17(25)18-7-8-19(28-18)27-16-6-5-11-23-14-9-21(10-15-23,20(22)26)24-12-3-2-4-13-24/h7-8H,2-6,9-16H2,1H3,(H2,22,26). The van der Waals surface area contributed by atoms with E-state index in [0.29, 0.717) is 0 Å². The average molecular weight is 424 g/mol. The lowest BCUT2D eigenvalue weighted by Crippen LogP contribution is -2.63. The van der Waals surface area contributed by atoms with Crippen molar-refractivity contribution in [1.29, 1.82) is 0 Å². The first-order valence-corrected chi connectivity index (χ1v) is 12.3. The molecule has 0 saturated carbocycles. The van der Waals surface area contributed by atoms with Crippen molar-refractivity contribution in [3.63, 3.8) is 0 Å². The molecule has 1 aromatic heterocycles. The Labute approximate surface area is 177 Å². The molecule has 0 aliphatic carbocycles. The number of nitrogens with zero attached hydrogens (tertiary/aromatic N) is 2. The highest BCUT2D eigenvalue weighted by Gasteiger charge is 2.44. The number of rotatable bonds is 9. The van der Waals surface area contributed by atoms with Crippen LogP contribution in [0.15, 0.2) is 16.3 Å². The number of carbonyl (C=O) groups is 2. The van der Waals surface area contributed by atoms with Gasteiger partial charge in [-0.05, 0) is 83.0 Å². The van der Waals surface area contributed by atoms with Crippen LogP contribution in [0.4, 0.5) is 0 Å². The molecular weight excluding hydrogens is 390 g/mol. The van der Waals surface area contributed by atoms with Crippen LogP contribution in [0.1, 0.15) is 61.5 Å². The third-order valence-corrected chi connectivity index (χ3v) is 8.64. The molecule has 156 valence electrons. The summed E-state index contributed by atoms with van der Waals surface area (Å²) in [6.45, 7) is 6.71. The van der Waals surface area contributed by atoms with E-state index in [4.69, 9.17) is 5.73 Å². The summed E-state index contributed by atoms with van der Waals surface area (Å²) in [6.07, 6.45) is 7.74. The molecule has 28 heavy (non-hydrogen) atoms. The van der Waals surface area contributed by atoms with E-state index in [1.54, 1.807) is 18.3 Å². The normalized spacial score (nSPS) is 20.9. The summed E-state index contributed by atoms with van der Waals surface area (Å²) >= 11 is 3.45. The number of thiophene rings is 1. The number of amides is 1. The molecule has 2 saturated heterocycles. The van der Waals surface area contributed by atoms with Crippen LogP contribution in [0, 0.1) is 0 Å². The summed E-state index contributed by atoms with van der Waals surface area (Å²) in [5.41, 5.74) is 5.47. The predicted molar refractivity (Wildman–Crippen MR) is 117 cm³/mol. The molecule has 0 spiro atoms. The van der Waals surface area contributed by atoms with Gasteiger partial charge in [0.2, 0.25) is 5.91 Å². The molecule has 0 bridgehead atoms. The van der Waals surface area contributed by atoms with Crippen molar-refractivity contribution >= 4 is 34.8 Å². The number of piperidine rings is 2. The Morgan fingerprint density at radius 3 is 2.43 bits per heavy atom. The van der Waals surface area contributed by atoms with Crippen LogP contribution in [-0.4, -0.2) is 65.5 Å². The number of ketones is 1. The van der Waals surface area contributed by atoms with Crippen LogP contribution in [-0.2, 0) is 4.79 Å². The molecule has 0 aromatic carbocycles. The second kappa shape index (κ2) is 10.2. The molecular formula is C21H33N3O2S2. The van der Waals surface area contributed by atoms with Crippen LogP contribution in [0.2, 0.25) is 0 Å². The maximum atomic E-state index is 12.3. The smallest absolute Gasteiger partial charge is 0.238 e. The lowest BCUT2D eigenvalue weighted by molar-refractivity contribution is -0.135. The largest absolute Gasteiger partial charge is 0.368 e. The van der Waals surface area contributed by atoms with Gasteiger partial charge in [-0.1, -0.05) is 6.42 Å². The Morgan fingerprint density at radius 2 is 1.82 bits per heavy atom. The third kappa shape index (κ3) is 5.38. The SMILES string of the molecule is CC(=O)c1ccc(SCCCCN2CCC(C(N)=O)(N3CCCCC3)CC2)s1. The summed E-state index contributed by atoms with van der Waals surface area (Å²) in [5, 5.41) is 0. The monoisotopic (exact) mass is 423 g/mol. The minimum Gasteiger partial charge on any atom is -0.368 e. The molecule has 0 radical (unpaired) electrons. The van der Waals surface area contributed by atoms with Crippen molar-refractivity contribution in [2.75, 3.05) is 38.5 Å². The number of thioether (sulfide) groups is 1.